The fraction of sp³-hybridized carbons (Fsp3) is 0. The molecule has 0 spiro atoms. The van der Waals surface area contributed by atoms with Gasteiger partial charge in [0.1, 0.15) is 4.90 Å². The van der Waals surface area contributed by atoms with Gasteiger partial charge in [-0.15, -0.1) is 0 Å². The van der Waals surface area contributed by atoms with Crippen LogP contribution in [0.5, 0.6) is 0 Å². The SMILES string of the molecule is O=S(=O)(O)c1c(I)cc(-c2ccccc2)cc1I. The summed E-state index contributed by atoms with van der Waals surface area (Å²) in [4.78, 5) is -0.0246. The third-order valence-corrected chi connectivity index (χ3v) is 5.75. The Morgan fingerprint density at radius 1 is 0.889 bits per heavy atom. The van der Waals surface area contributed by atoms with Crippen molar-refractivity contribution in [1.82, 2.24) is 0 Å². The van der Waals surface area contributed by atoms with E-state index in [9.17, 15) is 13.0 Å². The van der Waals surface area contributed by atoms with Gasteiger partial charge in [-0.3, -0.25) is 4.55 Å². The molecule has 0 aliphatic rings. The van der Waals surface area contributed by atoms with Crippen LogP contribution in [0.2, 0.25) is 0 Å². The molecular formula is C12H8I2O3S. The van der Waals surface area contributed by atoms with Gasteiger partial charge in [0.05, 0.1) is 0 Å². The van der Waals surface area contributed by atoms with E-state index in [4.69, 9.17) is 0 Å². The molecule has 0 unspecified atom stereocenters. The van der Waals surface area contributed by atoms with Crippen LogP contribution in [0.25, 0.3) is 11.1 Å². The molecule has 2 rings (SSSR count). The first-order valence-corrected chi connectivity index (χ1v) is 8.51. The van der Waals surface area contributed by atoms with Crippen LogP contribution in [0.3, 0.4) is 0 Å². The van der Waals surface area contributed by atoms with Crippen molar-refractivity contribution < 1.29 is 13.0 Å². The summed E-state index contributed by atoms with van der Waals surface area (Å²) in [7, 11) is -4.18. The highest BCUT2D eigenvalue weighted by atomic mass is 127. The lowest BCUT2D eigenvalue weighted by atomic mass is 10.1. The number of hydrogen-bond donors (Lipinski definition) is 1. The molecule has 0 atom stereocenters. The van der Waals surface area contributed by atoms with Crippen molar-refractivity contribution in [1.29, 1.82) is 0 Å². The summed E-state index contributed by atoms with van der Waals surface area (Å²) >= 11 is 3.84. The van der Waals surface area contributed by atoms with Crippen LogP contribution >= 0.6 is 45.2 Å². The summed E-state index contributed by atoms with van der Waals surface area (Å²) in [5, 5.41) is 0. The largest absolute Gasteiger partial charge is 0.296 e. The Morgan fingerprint density at radius 2 is 1.39 bits per heavy atom. The van der Waals surface area contributed by atoms with Crippen molar-refractivity contribution in [3.63, 3.8) is 0 Å². The van der Waals surface area contributed by atoms with Crippen molar-refractivity contribution in [2.75, 3.05) is 0 Å². The highest BCUT2D eigenvalue weighted by molar-refractivity contribution is 14.1. The molecule has 6 heteroatoms. The van der Waals surface area contributed by atoms with Crippen LogP contribution in [0.4, 0.5) is 0 Å². The van der Waals surface area contributed by atoms with E-state index >= 15 is 0 Å². The first-order valence-electron chi connectivity index (χ1n) is 4.91. The lowest BCUT2D eigenvalue weighted by molar-refractivity contribution is 0.482. The zero-order valence-electron chi connectivity index (χ0n) is 8.97. The van der Waals surface area contributed by atoms with Crippen molar-refractivity contribution in [2.24, 2.45) is 0 Å². The smallest absolute Gasteiger partial charge is 0.282 e. The Balaban J connectivity index is 2.64. The molecule has 0 amide bonds. The number of hydrogen-bond acceptors (Lipinski definition) is 2. The van der Waals surface area contributed by atoms with Crippen LogP contribution < -0.4 is 0 Å². The van der Waals surface area contributed by atoms with Crippen molar-refractivity contribution in [2.45, 2.75) is 4.90 Å². The number of rotatable bonds is 2. The molecule has 0 bridgehead atoms. The second-order valence-corrected chi connectivity index (χ2v) is 7.29. The van der Waals surface area contributed by atoms with Crippen molar-refractivity contribution in [3.8, 4) is 11.1 Å². The zero-order chi connectivity index (χ0) is 13.3. The normalized spacial score (nSPS) is 11.5. The summed E-state index contributed by atoms with van der Waals surface area (Å²) < 4.78 is 32.7. The van der Waals surface area contributed by atoms with Crippen LogP contribution in [0.1, 0.15) is 0 Å². The van der Waals surface area contributed by atoms with Crippen LogP contribution in [0.15, 0.2) is 47.4 Å². The van der Waals surface area contributed by atoms with Gasteiger partial charge in [0, 0.05) is 7.14 Å². The van der Waals surface area contributed by atoms with Crippen LogP contribution in [-0.4, -0.2) is 13.0 Å². The predicted octanol–water partition coefficient (Wildman–Crippen LogP) is 3.81. The maximum absolute atomic E-state index is 11.3. The maximum Gasteiger partial charge on any atom is 0.296 e. The first kappa shape index (κ1) is 14.2. The molecule has 0 heterocycles. The van der Waals surface area contributed by atoms with E-state index < -0.39 is 10.1 Å². The van der Waals surface area contributed by atoms with Gasteiger partial charge in [0.2, 0.25) is 0 Å². The number of benzene rings is 2. The van der Waals surface area contributed by atoms with Gasteiger partial charge in [0.15, 0.2) is 0 Å². The van der Waals surface area contributed by atoms with Crippen LogP contribution in [-0.2, 0) is 10.1 Å². The average Bonchev–Trinajstić information content (AvgIpc) is 2.27. The summed E-state index contributed by atoms with van der Waals surface area (Å²) in [6.07, 6.45) is 0. The Kier molecular flexibility index (Phi) is 4.29. The highest BCUT2D eigenvalue weighted by Crippen LogP contribution is 2.30. The summed E-state index contributed by atoms with van der Waals surface area (Å²) in [6, 6.07) is 13.2. The first-order chi connectivity index (χ1) is 8.39. The van der Waals surface area contributed by atoms with Crippen molar-refractivity contribution >= 4 is 55.3 Å². The second-order valence-electron chi connectivity index (χ2n) is 3.61. The van der Waals surface area contributed by atoms with Gasteiger partial charge in [0.25, 0.3) is 10.1 Å². The minimum atomic E-state index is -4.18. The Bertz CT molecular complexity index is 659. The second kappa shape index (κ2) is 5.43. The van der Waals surface area contributed by atoms with Crippen LogP contribution in [0, 0.1) is 7.14 Å². The van der Waals surface area contributed by atoms with E-state index in [0.29, 0.717) is 7.14 Å². The molecule has 0 aliphatic carbocycles. The summed E-state index contributed by atoms with van der Waals surface area (Å²) in [5.41, 5.74) is 1.94. The van der Waals surface area contributed by atoms with Gasteiger partial charge >= 0.3 is 0 Å². The standard InChI is InChI=1S/C12H8I2O3S/c13-10-6-9(8-4-2-1-3-5-8)7-11(14)12(10)18(15,16)17/h1-7H,(H,15,16,17). The molecule has 0 aromatic heterocycles. The molecule has 0 saturated heterocycles. The summed E-state index contributed by atoms with van der Waals surface area (Å²) in [5.74, 6) is 0. The molecule has 1 N–H and O–H groups in total. The monoisotopic (exact) mass is 486 g/mol. The fourth-order valence-electron chi connectivity index (χ4n) is 1.60. The average molecular weight is 486 g/mol. The van der Waals surface area contributed by atoms with E-state index in [-0.39, 0.29) is 4.90 Å². The summed E-state index contributed by atoms with van der Waals surface area (Å²) in [6.45, 7) is 0. The quantitative estimate of drug-likeness (QED) is 0.520. The van der Waals surface area contributed by atoms with E-state index in [1.165, 1.54) is 0 Å². The Hall–Kier alpha value is -0.190. The van der Waals surface area contributed by atoms with E-state index in [1.807, 2.05) is 75.5 Å². The van der Waals surface area contributed by atoms with Crippen molar-refractivity contribution in [3.05, 3.63) is 49.6 Å². The molecule has 2 aromatic carbocycles. The molecule has 0 saturated carbocycles. The molecule has 0 radical (unpaired) electrons. The topological polar surface area (TPSA) is 54.4 Å². The lowest BCUT2D eigenvalue weighted by Crippen LogP contribution is -2.04. The molecule has 3 nitrogen and oxygen atoms in total. The van der Waals surface area contributed by atoms with E-state index in [2.05, 4.69) is 0 Å². The zero-order valence-corrected chi connectivity index (χ0v) is 14.1. The third kappa shape index (κ3) is 3.03. The predicted molar refractivity (Wildman–Crippen MR) is 87.1 cm³/mol. The fourth-order valence-corrected chi connectivity index (χ4v) is 5.65. The van der Waals surface area contributed by atoms with Gasteiger partial charge in [-0.1, -0.05) is 30.3 Å². The van der Waals surface area contributed by atoms with Gasteiger partial charge < -0.3 is 0 Å². The molecule has 0 aliphatic heterocycles. The minimum Gasteiger partial charge on any atom is -0.282 e. The number of halogens is 2. The van der Waals surface area contributed by atoms with Gasteiger partial charge in [-0.2, -0.15) is 8.42 Å². The Morgan fingerprint density at radius 3 is 1.83 bits per heavy atom. The third-order valence-electron chi connectivity index (χ3n) is 2.36. The lowest BCUT2D eigenvalue weighted by Gasteiger charge is -2.08. The highest BCUT2D eigenvalue weighted by Gasteiger charge is 2.19. The molecular weight excluding hydrogens is 478 g/mol. The van der Waals surface area contributed by atoms with E-state index in [1.54, 1.807) is 12.1 Å². The molecule has 94 valence electrons. The molecule has 2 aromatic rings. The minimum absolute atomic E-state index is 0.0246. The molecule has 18 heavy (non-hydrogen) atoms. The van der Waals surface area contributed by atoms with Gasteiger partial charge in [-0.05, 0) is 68.4 Å². The van der Waals surface area contributed by atoms with Gasteiger partial charge in [-0.25, -0.2) is 0 Å². The Labute approximate surface area is 133 Å². The maximum atomic E-state index is 11.3. The molecule has 0 fully saturated rings. The van der Waals surface area contributed by atoms with E-state index in [0.717, 1.165) is 11.1 Å².